The van der Waals surface area contributed by atoms with Gasteiger partial charge in [0.15, 0.2) is 46.1 Å². The van der Waals surface area contributed by atoms with Crippen molar-refractivity contribution in [3.8, 4) is 113 Å². The van der Waals surface area contributed by atoms with E-state index in [9.17, 15) is 0 Å². The molecule has 0 radical (unpaired) electrons. The smallest absolute Gasteiger partial charge is 0.231 e. The number of thiophene rings is 2. The summed E-state index contributed by atoms with van der Waals surface area (Å²) in [5.41, 5.74) is 17.5. The summed E-state index contributed by atoms with van der Waals surface area (Å²) in [6.45, 7) is 0. The summed E-state index contributed by atoms with van der Waals surface area (Å²) in [6.07, 6.45) is 0. The summed E-state index contributed by atoms with van der Waals surface area (Å²) in [5, 5.41) is 8.81. The molecule has 14 heteroatoms. The lowest BCUT2D eigenvalue weighted by molar-refractivity contribution is 0.614. The molecule has 0 N–H and O–H groups in total. The summed E-state index contributed by atoms with van der Waals surface area (Å²) in [4.78, 5) is 40.1. The molecule has 8 aromatic heterocycles. The number of hydrogen-bond donors (Lipinski definition) is 0. The van der Waals surface area contributed by atoms with Crippen molar-refractivity contribution in [2.45, 2.75) is 0 Å². The highest BCUT2D eigenvalue weighted by Crippen LogP contribution is 2.46. The standard InChI is InChI=1S/2C46H26N4O2S/c1-2-12-27(13-3-1)43-48-44(29-15-8-14-28(26-29)30-17-9-18-32-31-16-4-7-25-39(31)53-42(30)32)50-45(49-43)34-20-11-24-38-40(34)33-19-10-21-35(41(33)51-38)46-47-36-22-5-6-23-37(36)52-46;1-2-11-28(12-3-1)43-48-44(29-25-23-27(24-26-29)30-14-8-15-32-31-13-4-7-22-39(31)53-42(30)32)50-45(49-43)34-17-10-21-38-40(34)33-16-9-18-35(41(33)51-38)46-47-36-19-5-6-20-37(36)52-46/h2*1-26H. The van der Waals surface area contributed by atoms with Gasteiger partial charge in [-0.05, 0) is 89.0 Å². The van der Waals surface area contributed by atoms with Gasteiger partial charge in [-0.3, -0.25) is 0 Å². The fourth-order valence-electron chi connectivity index (χ4n) is 14.6. The number of hydrogen-bond acceptors (Lipinski definition) is 14. The number of fused-ring (bicyclic) bond motifs is 14. The highest BCUT2D eigenvalue weighted by molar-refractivity contribution is 7.26. The molecular formula is C92H52N8O4S2. The van der Waals surface area contributed by atoms with Gasteiger partial charge in [0.05, 0.1) is 11.1 Å². The fourth-order valence-corrected chi connectivity index (χ4v) is 17.1. The van der Waals surface area contributed by atoms with Crippen LogP contribution in [0.25, 0.3) is 220 Å². The number of nitrogens with zero attached hydrogens (tertiary/aromatic N) is 8. The molecule has 106 heavy (non-hydrogen) atoms. The molecule has 0 atom stereocenters. The Bertz CT molecular complexity index is 7170. The zero-order valence-electron chi connectivity index (χ0n) is 56.0. The van der Waals surface area contributed by atoms with E-state index in [-0.39, 0.29) is 0 Å². The molecule has 0 unspecified atom stereocenters. The Morgan fingerprint density at radius 2 is 0.547 bits per heavy atom. The van der Waals surface area contributed by atoms with Crippen LogP contribution in [0.1, 0.15) is 0 Å². The van der Waals surface area contributed by atoms with Gasteiger partial charge in [-0.2, -0.15) is 0 Å². The van der Waals surface area contributed by atoms with Gasteiger partial charge in [0.2, 0.25) is 11.8 Å². The molecule has 22 aromatic rings. The molecule has 12 nitrogen and oxygen atoms in total. The van der Waals surface area contributed by atoms with E-state index in [2.05, 4.69) is 152 Å². The summed E-state index contributed by atoms with van der Waals surface area (Å²) >= 11 is 3.66. The number of aromatic nitrogens is 8. The third-order valence-electron chi connectivity index (χ3n) is 19.6. The zero-order valence-corrected chi connectivity index (χ0v) is 57.7. The van der Waals surface area contributed by atoms with E-state index < -0.39 is 0 Å². The minimum Gasteiger partial charge on any atom is -0.455 e. The molecule has 0 amide bonds. The Morgan fingerprint density at radius 3 is 1.05 bits per heavy atom. The van der Waals surface area contributed by atoms with Crippen molar-refractivity contribution in [2.24, 2.45) is 0 Å². The van der Waals surface area contributed by atoms with Crippen LogP contribution in [0.2, 0.25) is 0 Å². The molecule has 0 saturated heterocycles. The van der Waals surface area contributed by atoms with Crippen molar-refractivity contribution >= 4 is 129 Å². The van der Waals surface area contributed by atoms with E-state index in [0.29, 0.717) is 57.9 Å². The second-order valence-electron chi connectivity index (χ2n) is 26.0. The van der Waals surface area contributed by atoms with E-state index in [1.54, 1.807) is 0 Å². The van der Waals surface area contributed by atoms with Gasteiger partial charge in [-0.15, -0.1) is 22.7 Å². The first-order valence-corrected chi connectivity index (χ1v) is 36.4. The number of benzene rings is 14. The first-order chi connectivity index (χ1) is 52.5. The average Bonchev–Trinajstić information content (AvgIpc) is 1.53. The third kappa shape index (κ3) is 10.4. The fraction of sp³-hybridized carbons (Fsp3) is 0. The van der Waals surface area contributed by atoms with Crippen LogP contribution in [0, 0.1) is 0 Å². The van der Waals surface area contributed by atoms with E-state index in [0.717, 1.165) is 111 Å². The SMILES string of the molecule is c1ccc(-c2nc(-c3ccc(-c4cccc5c4sc4ccccc45)cc3)nc(-c3cccc4oc5c(-c6nc7ccccc7o6)cccc5c34)n2)cc1.c1ccc(-c2nc(-c3cccc(-c4cccc5c4sc4ccccc45)c3)nc(-c3cccc4oc5c(-c6nc7ccccc7o6)cccc5c34)n2)cc1. The van der Waals surface area contributed by atoms with E-state index in [4.69, 9.17) is 57.5 Å². The van der Waals surface area contributed by atoms with Crippen LogP contribution in [-0.2, 0) is 0 Å². The van der Waals surface area contributed by atoms with Crippen LogP contribution in [0.15, 0.2) is 333 Å². The average molecular weight is 1400 g/mol. The van der Waals surface area contributed by atoms with E-state index in [1.165, 1.54) is 51.5 Å². The van der Waals surface area contributed by atoms with Crippen LogP contribution in [0.3, 0.4) is 0 Å². The molecule has 22 rings (SSSR count). The first kappa shape index (κ1) is 60.8. The minimum absolute atomic E-state index is 0.512. The summed E-state index contributed by atoms with van der Waals surface area (Å²) in [6, 6.07) is 107. The van der Waals surface area contributed by atoms with Crippen molar-refractivity contribution in [2.75, 3.05) is 0 Å². The summed E-state index contributed by atoms with van der Waals surface area (Å²) in [7, 11) is 0. The van der Waals surface area contributed by atoms with E-state index in [1.807, 2.05) is 186 Å². The normalized spacial score (nSPS) is 11.8. The number of rotatable bonds is 10. The largest absolute Gasteiger partial charge is 0.455 e. The Labute approximate surface area is 611 Å². The van der Waals surface area contributed by atoms with Gasteiger partial charge >= 0.3 is 0 Å². The lowest BCUT2D eigenvalue weighted by atomic mass is 10.0. The molecule has 0 fully saturated rings. The van der Waals surface area contributed by atoms with Crippen molar-refractivity contribution < 1.29 is 17.7 Å². The number of para-hydroxylation sites is 6. The quantitative estimate of drug-likeness (QED) is 0.128. The van der Waals surface area contributed by atoms with Crippen molar-refractivity contribution in [3.05, 3.63) is 315 Å². The predicted molar refractivity (Wildman–Crippen MR) is 429 cm³/mol. The molecule has 0 saturated carbocycles. The molecular weight excluding hydrogens is 1350 g/mol. The van der Waals surface area contributed by atoms with Gasteiger partial charge in [0.25, 0.3) is 0 Å². The Balaban J connectivity index is 0.000000136. The van der Waals surface area contributed by atoms with Crippen LogP contribution >= 0.6 is 22.7 Å². The van der Waals surface area contributed by atoms with Gasteiger partial charge < -0.3 is 17.7 Å². The molecule has 14 aromatic carbocycles. The number of oxazole rings is 2. The van der Waals surface area contributed by atoms with Gasteiger partial charge in [-0.1, -0.05) is 249 Å². The lowest BCUT2D eigenvalue weighted by Gasteiger charge is -2.10. The van der Waals surface area contributed by atoms with Crippen molar-refractivity contribution in [3.63, 3.8) is 0 Å². The second-order valence-corrected chi connectivity index (χ2v) is 28.1. The maximum Gasteiger partial charge on any atom is 0.231 e. The first-order valence-electron chi connectivity index (χ1n) is 34.8. The highest BCUT2D eigenvalue weighted by atomic mass is 32.1. The van der Waals surface area contributed by atoms with Crippen LogP contribution in [0.5, 0.6) is 0 Å². The molecule has 0 aliphatic heterocycles. The van der Waals surface area contributed by atoms with Crippen molar-refractivity contribution in [1.29, 1.82) is 0 Å². The number of furan rings is 2. The maximum absolute atomic E-state index is 6.58. The molecule has 0 spiro atoms. The Hall–Kier alpha value is -13.9. The van der Waals surface area contributed by atoms with Gasteiger partial charge in [-0.25, -0.2) is 39.9 Å². The van der Waals surface area contributed by atoms with E-state index >= 15 is 0 Å². The minimum atomic E-state index is 0.512. The molecule has 0 aliphatic carbocycles. The lowest BCUT2D eigenvalue weighted by Crippen LogP contribution is -2.00. The Morgan fingerprint density at radius 1 is 0.208 bits per heavy atom. The summed E-state index contributed by atoms with van der Waals surface area (Å²) < 4.78 is 30.6. The molecule has 0 bridgehead atoms. The summed E-state index contributed by atoms with van der Waals surface area (Å²) in [5.74, 6) is 4.53. The van der Waals surface area contributed by atoms with Gasteiger partial charge in [0, 0.05) is 95.3 Å². The van der Waals surface area contributed by atoms with Crippen molar-refractivity contribution in [1.82, 2.24) is 39.9 Å². The van der Waals surface area contributed by atoms with Crippen LogP contribution in [0.4, 0.5) is 0 Å². The third-order valence-corrected chi connectivity index (χ3v) is 22.0. The molecule has 496 valence electrons. The molecule has 0 aliphatic rings. The van der Waals surface area contributed by atoms with Gasteiger partial charge in [0.1, 0.15) is 33.4 Å². The monoisotopic (exact) mass is 1400 g/mol. The second kappa shape index (κ2) is 25.0. The topological polar surface area (TPSA) is 156 Å². The highest BCUT2D eigenvalue weighted by Gasteiger charge is 2.25. The van der Waals surface area contributed by atoms with Crippen LogP contribution < -0.4 is 0 Å². The maximum atomic E-state index is 6.58. The predicted octanol–water partition coefficient (Wildman–Crippen LogP) is 25.2. The van der Waals surface area contributed by atoms with Crippen LogP contribution in [-0.4, -0.2) is 39.9 Å². The zero-order chi connectivity index (χ0) is 69.8. The molecule has 8 heterocycles. The Kier molecular flexibility index (Phi) is 14.3.